The van der Waals surface area contributed by atoms with Crippen LogP contribution in [0, 0.1) is 0 Å². The Bertz CT molecular complexity index is 462. The van der Waals surface area contributed by atoms with E-state index in [0.29, 0.717) is 17.1 Å². The van der Waals surface area contributed by atoms with E-state index < -0.39 is 11.8 Å². The summed E-state index contributed by atoms with van der Waals surface area (Å²) in [7, 11) is 2.95. The van der Waals surface area contributed by atoms with Crippen LogP contribution >= 0.6 is 0 Å². The molecule has 0 radical (unpaired) electrons. The SMILES string of the molecule is COc1ccc(C(=O)/C=C\C(=O)O)cc1OC. The van der Waals surface area contributed by atoms with Crippen LogP contribution < -0.4 is 9.47 Å². The average Bonchev–Trinajstić information content (AvgIpc) is 2.34. The minimum absolute atomic E-state index is 0.333. The van der Waals surface area contributed by atoms with Crippen molar-refractivity contribution < 1.29 is 24.2 Å². The highest BCUT2D eigenvalue weighted by Gasteiger charge is 2.08. The molecule has 90 valence electrons. The van der Waals surface area contributed by atoms with E-state index in [4.69, 9.17) is 14.6 Å². The Morgan fingerprint density at radius 1 is 1.12 bits per heavy atom. The van der Waals surface area contributed by atoms with Gasteiger partial charge in [-0.3, -0.25) is 4.79 Å². The molecule has 0 aliphatic carbocycles. The number of allylic oxidation sites excluding steroid dienone is 1. The first-order chi connectivity index (χ1) is 8.08. The number of hydrogen-bond donors (Lipinski definition) is 1. The third-order valence-electron chi connectivity index (χ3n) is 2.05. The molecule has 0 amide bonds. The molecule has 0 fully saturated rings. The Kier molecular flexibility index (Phi) is 4.28. The Morgan fingerprint density at radius 3 is 2.29 bits per heavy atom. The molecule has 0 aromatic heterocycles. The highest BCUT2D eigenvalue weighted by molar-refractivity contribution is 6.07. The molecular weight excluding hydrogens is 224 g/mol. The Balaban J connectivity index is 2.99. The summed E-state index contributed by atoms with van der Waals surface area (Å²) in [6.45, 7) is 0. The lowest BCUT2D eigenvalue weighted by Gasteiger charge is -2.07. The lowest BCUT2D eigenvalue weighted by atomic mass is 10.1. The first kappa shape index (κ1) is 12.8. The van der Waals surface area contributed by atoms with Crippen LogP contribution in [-0.2, 0) is 4.79 Å². The van der Waals surface area contributed by atoms with Gasteiger partial charge in [0.15, 0.2) is 17.3 Å². The first-order valence-corrected chi connectivity index (χ1v) is 4.76. The van der Waals surface area contributed by atoms with Gasteiger partial charge in [0, 0.05) is 11.6 Å². The van der Waals surface area contributed by atoms with Crippen molar-refractivity contribution in [2.45, 2.75) is 0 Å². The average molecular weight is 236 g/mol. The highest BCUT2D eigenvalue weighted by atomic mass is 16.5. The van der Waals surface area contributed by atoms with Gasteiger partial charge in [0.25, 0.3) is 0 Å². The molecule has 1 aromatic rings. The first-order valence-electron chi connectivity index (χ1n) is 4.76. The third kappa shape index (κ3) is 3.34. The number of carboxylic acid groups (broad SMARTS) is 1. The zero-order valence-corrected chi connectivity index (χ0v) is 9.47. The van der Waals surface area contributed by atoms with Crippen molar-refractivity contribution in [1.29, 1.82) is 0 Å². The minimum atomic E-state index is -1.17. The van der Waals surface area contributed by atoms with Crippen LogP contribution in [0.25, 0.3) is 0 Å². The highest BCUT2D eigenvalue weighted by Crippen LogP contribution is 2.27. The molecule has 0 saturated heterocycles. The normalized spacial score (nSPS) is 10.2. The number of benzene rings is 1. The lowest BCUT2D eigenvalue weighted by Crippen LogP contribution is -1.98. The van der Waals surface area contributed by atoms with Gasteiger partial charge in [0.05, 0.1) is 14.2 Å². The molecule has 0 heterocycles. The van der Waals surface area contributed by atoms with E-state index in [-0.39, 0.29) is 0 Å². The van der Waals surface area contributed by atoms with Crippen molar-refractivity contribution in [3.63, 3.8) is 0 Å². The number of rotatable bonds is 5. The van der Waals surface area contributed by atoms with Crippen LogP contribution in [0.4, 0.5) is 0 Å². The summed E-state index contributed by atoms with van der Waals surface area (Å²) < 4.78 is 10.1. The summed E-state index contributed by atoms with van der Waals surface area (Å²) in [6.07, 6.45) is 1.78. The number of carboxylic acids is 1. The largest absolute Gasteiger partial charge is 0.493 e. The second-order valence-electron chi connectivity index (χ2n) is 3.11. The van der Waals surface area contributed by atoms with E-state index in [2.05, 4.69) is 0 Å². The number of hydrogen-bond acceptors (Lipinski definition) is 4. The Morgan fingerprint density at radius 2 is 1.76 bits per heavy atom. The molecule has 1 rings (SSSR count). The van der Waals surface area contributed by atoms with Crippen molar-refractivity contribution in [2.24, 2.45) is 0 Å². The van der Waals surface area contributed by atoms with Gasteiger partial charge in [-0.25, -0.2) is 4.79 Å². The number of ether oxygens (including phenoxy) is 2. The fourth-order valence-corrected chi connectivity index (χ4v) is 1.23. The van der Waals surface area contributed by atoms with E-state index in [0.717, 1.165) is 12.2 Å². The van der Waals surface area contributed by atoms with Gasteiger partial charge in [-0.15, -0.1) is 0 Å². The number of methoxy groups -OCH3 is 2. The molecule has 17 heavy (non-hydrogen) atoms. The van der Waals surface area contributed by atoms with Crippen LogP contribution in [0.5, 0.6) is 11.5 Å². The number of carbonyl (C=O) groups is 2. The van der Waals surface area contributed by atoms with Crippen LogP contribution in [0.2, 0.25) is 0 Å². The van der Waals surface area contributed by atoms with Gasteiger partial charge >= 0.3 is 5.97 Å². The molecule has 0 atom stereocenters. The molecule has 5 nitrogen and oxygen atoms in total. The van der Waals surface area contributed by atoms with E-state index in [1.165, 1.54) is 26.4 Å². The quantitative estimate of drug-likeness (QED) is 0.620. The second kappa shape index (κ2) is 5.69. The van der Waals surface area contributed by atoms with Gasteiger partial charge in [0.1, 0.15) is 0 Å². The molecule has 0 spiro atoms. The summed E-state index contributed by atoms with van der Waals surface area (Å²) in [4.78, 5) is 21.8. The maximum atomic E-state index is 11.6. The lowest BCUT2D eigenvalue weighted by molar-refractivity contribution is -0.131. The van der Waals surface area contributed by atoms with Crippen LogP contribution in [-0.4, -0.2) is 31.1 Å². The van der Waals surface area contributed by atoms with E-state index in [9.17, 15) is 9.59 Å². The zero-order chi connectivity index (χ0) is 12.8. The fraction of sp³-hybridized carbons (Fsp3) is 0.167. The van der Waals surface area contributed by atoms with Gasteiger partial charge in [-0.2, -0.15) is 0 Å². The number of ketones is 1. The molecule has 0 aliphatic rings. The molecule has 1 N–H and O–H groups in total. The number of carbonyl (C=O) groups excluding carboxylic acids is 1. The predicted molar refractivity (Wildman–Crippen MR) is 60.7 cm³/mol. The number of aliphatic carboxylic acids is 1. The summed E-state index contributed by atoms with van der Waals surface area (Å²) in [5.74, 6) is -0.652. The topological polar surface area (TPSA) is 72.8 Å². The van der Waals surface area contributed by atoms with Gasteiger partial charge < -0.3 is 14.6 Å². The molecule has 0 saturated carbocycles. The van der Waals surface area contributed by atoms with E-state index in [1.54, 1.807) is 6.07 Å². The van der Waals surface area contributed by atoms with Crippen molar-refractivity contribution in [1.82, 2.24) is 0 Å². The summed E-state index contributed by atoms with van der Waals surface area (Å²) in [5, 5.41) is 8.41. The van der Waals surface area contributed by atoms with Crippen LogP contribution in [0.1, 0.15) is 10.4 Å². The predicted octanol–water partition coefficient (Wildman–Crippen LogP) is 1.53. The standard InChI is InChI=1S/C12H12O5/c1-16-10-5-3-8(7-11(10)17-2)9(13)4-6-12(14)15/h3-7H,1-2H3,(H,14,15)/b6-4-. The maximum Gasteiger partial charge on any atom is 0.328 e. The van der Waals surface area contributed by atoms with Gasteiger partial charge in [-0.05, 0) is 24.3 Å². The Hall–Kier alpha value is -2.30. The fourth-order valence-electron chi connectivity index (χ4n) is 1.23. The third-order valence-corrected chi connectivity index (χ3v) is 2.05. The summed E-state index contributed by atoms with van der Waals surface area (Å²) in [6, 6.07) is 4.61. The molecule has 0 aliphatic heterocycles. The summed E-state index contributed by atoms with van der Waals surface area (Å²) >= 11 is 0. The van der Waals surface area contributed by atoms with Crippen LogP contribution in [0.3, 0.4) is 0 Å². The molecule has 0 bridgehead atoms. The van der Waals surface area contributed by atoms with E-state index >= 15 is 0 Å². The Labute approximate surface area is 98.3 Å². The van der Waals surface area contributed by atoms with Crippen molar-refractivity contribution in [3.8, 4) is 11.5 Å². The van der Waals surface area contributed by atoms with E-state index in [1.807, 2.05) is 0 Å². The molecule has 1 aromatic carbocycles. The molecule has 0 unspecified atom stereocenters. The molecule has 5 heteroatoms. The van der Waals surface area contributed by atoms with Crippen LogP contribution in [0.15, 0.2) is 30.4 Å². The van der Waals surface area contributed by atoms with Gasteiger partial charge in [0.2, 0.25) is 0 Å². The van der Waals surface area contributed by atoms with Crippen molar-refractivity contribution >= 4 is 11.8 Å². The van der Waals surface area contributed by atoms with Crippen molar-refractivity contribution in [2.75, 3.05) is 14.2 Å². The monoisotopic (exact) mass is 236 g/mol. The van der Waals surface area contributed by atoms with Gasteiger partial charge in [-0.1, -0.05) is 0 Å². The summed E-state index contributed by atoms with van der Waals surface area (Å²) in [5.41, 5.74) is 0.333. The molecular formula is C12H12O5. The smallest absolute Gasteiger partial charge is 0.328 e. The maximum absolute atomic E-state index is 11.6. The second-order valence-corrected chi connectivity index (χ2v) is 3.11. The zero-order valence-electron chi connectivity index (χ0n) is 9.47. The minimum Gasteiger partial charge on any atom is -0.493 e. The van der Waals surface area contributed by atoms with Crippen molar-refractivity contribution in [3.05, 3.63) is 35.9 Å².